The van der Waals surface area contributed by atoms with Crippen molar-refractivity contribution >= 4 is 45.7 Å². The van der Waals surface area contributed by atoms with E-state index in [4.69, 9.17) is 16.6 Å². The van der Waals surface area contributed by atoms with Crippen molar-refractivity contribution in [3.8, 4) is 11.8 Å². The molecule has 2 N–H and O–H groups in total. The number of thiophene rings is 1. The zero-order chi connectivity index (χ0) is 19.7. The van der Waals surface area contributed by atoms with Crippen LogP contribution in [0.15, 0.2) is 24.5 Å². The molecular formula is C20H20ClN5OS. The van der Waals surface area contributed by atoms with Crippen LogP contribution in [0.25, 0.3) is 11.2 Å². The van der Waals surface area contributed by atoms with Crippen LogP contribution in [0, 0.1) is 17.8 Å². The van der Waals surface area contributed by atoms with Crippen LogP contribution in [-0.2, 0) is 4.79 Å². The summed E-state index contributed by atoms with van der Waals surface area (Å²) in [5, 5.41) is 5.94. The van der Waals surface area contributed by atoms with Crippen LogP contribution >= 0.6 is 22.9 Å². The predicted molar refractivity (Wildman–Crippen MR) is 113 cm³/mol. The first-order valence-electron chi connectivity index (χ1n) is 9.13. The number of rotatable bonds is 3. The van der Waals surface area contributed by atoms with Gasteiger partial charge in [0.05, 0.1) is 21.2 Å². The van der Waals surface area contributed by atoms with Gasteiger partial charge < -0.3 is 15.2 Å². The van der Waals surface area contributed by atoms with Crippen molar-refractivity contribution in [1.29, 1.82) is 0 Å². The van der Waals surface area contributed by atoms with E-state index in [9.17, 15) is 4.79 Å². The van der Waals surface area contributed by atoms with Crippen molar-refractivity contribution < 1.29 is 4.79 Å². The SMILES string of the molecule is CNC(=O)C1CCC(n2cnc3c(NC)cc(C#Cc4ccc(Cl)s4)nc32)C1. The van der Waals surface area contributed by atoms with Gasteiger partial charge in [-0.15, -0.1) is 11.3 Å². The lowest BCUT2D eigenvalue weighted by Gasteiger charge is -2.13. The van der Waals surface area contributed by atoms with Gasteiger partial charge in [-0.1, -0.05) is 11.6 Å². The van der Waals surface area contributed by atoms with E-state index < -0.39 is 0 Å². The molecule has 1 aliphatic carbocycles. The molecular weight excluding hydrogens is 394 g/mol. The van der Waals surface area contributed by atoms with E-state index in [0.29, 0.717) is 10.0 Å². The Morgan fingerprint density at radius 1 is 1.32 bits per heavy atom. The van der Waals surface area contributed by atoms with E-state index in [0.717, 1.165) is 41.0 Å². The van der Waals surface area contributed by atoms with Crippen molar-refractivity contribution in [2.75, 3.05) is 19.4 Å². The molecule has 2 atom stereocenters. The number of nitrogens with one attached hydrogen (secondary N) is 2. The standard InChI is InChI=1S/C20H20ClN5OS/c1-22-16-10-13(4-6-15-7-8-17(21)28-15)25-19-18(16)24-11-26(19)14-5-3-12(9-14)20(27)23-2/h7-8,10-12,14H,3,5,9H2,1-2H3,(H,22,25)(H,23,27). The summed E-state index contributed by atoms with van der Waals surface area (Å²) in [5.41, 5.74) is 3.17. The summed E-state index contributed by atoms with van der Waals surface area (Å²) in [6, 6.07) is 5.86. The zero-order valence-electron chi connectivity index (χ0n) is 15.6. The second-order valence-electron chi connectivity index (χ2n) is 6.76. The maximum Gasteiger partial charge on any atom is 0.222 e. The fourth-order valence-corrected chi connectivity index (χ4v) is 4.58. The maximum absolute atomic E-state index is 12.0. The van der Waals surface area contributed by atoms with Gasteiger partial charge in [0.15, 0.2) is 5.65 Å². The Morgan fingerprint density at radius 2 is 2.18 bits per heavy atom. The Bertz CT molecular complexity index is 1090. The molecule has 1 saturated carbocycles. The summed E-state index contributed by atoms with van der Waals surface area (Å²) in [4.78, 5) is 22.2. The number of halogens is 1. The van der Waals surface area contributed by atoms with Crippen LogP contribution in [0.3, 0.4) is 0 Å². The molecule has 0 spiro atoms. The van der Waals surface area contributed by atoms with Crippen molar-refractivity contribution in [3.05, 3.63) is 39.4 Å². The highest BCUT2D eigenvalue weighted by atomic mass is 35.5. The third-order valence-electron chi connectivity index (χ3n) is 5.10. The molecule has 1 aliphatic rings. The van der Waals surface area contributed by atoms with Crippen LogP contribution in [-0.4, -0.2) is 34.5 Å². The molecule has 28 heavy (non-hydrogen) atoms. The second kappa shape index (κ2) is 7.82. The summed E-state index contributed by atoms with van der Waals surface area (Å²) < 4.78 is 2.81. The van der Waals surface area contributed by atoms with Crippen LogP contribution < -0.4 is 10.6 Å². The summed E-state index contributed by atoms with van der Waals surface area (Å²) in [5.74, 6) is 6.40. The van der Waals surface area contributed by atoms with Crippen molar-refractivity contribution in [2.24, 2.45) is 5.92 Å². The maximum atomic E-state index is 12.0. The molecule has 3 aromatic rings. The van der Waals surface area contributed by atoms with Crippen LogP contribution in [0.1, 0.15) is 35.9 Å². The average molecular weight is 414 g/mol. The van der Waals surface area contributed by atoms with Crippen LogP contribution in [0.5, 0.6) is 0 Å². The number of pyridine rings is 1. The molecule has 1 fully saturated rings. The third kappa shape index (κ3) is 3.58. The Balaban J connectivity index is 1.70. The minimum absolute atomic E-state index is 0.0442. The minimum Gasteiger partial charge on any atom is -0.386 e. The third-order valence-corrected chi connectivity index (χ3v) is 6.25. The van der Waals surface area contributed by atoms with E-state index in [1.54, 1.807) is 7.05 Å². The van der Waals surface area contributed by atoms with Gasteiger partial charge in [-0.25, -0.2) is 9.97 Å². The summed E-state index contributed by atoms with van der Waals surface area (Å²) >= 11 is 7.42. The lowest BCUT2D eigenvalue weighted by atomic mass is 10.1. The Hall–Kier alpha value is -2.56. The molecule has 0 radical (unpaired) electrons. The quantitative estimate of drug-likeness (QED) is 0.642. The molecule has 6 nitrogen and oxygen atoms in total. The largest absolute Gasteiger partial charge is 0.386 e. The van der Waals surface area contributed by atoms with Gasteiger partial charge in [0.2, 0.25) is 5.91 Å². The van der Waals surface area contributed by atoms with Crippen LogP contribution in [0.4, 0.5) is 5.69 Å². The smallest absolute Gasteiger partial charge is 0.222 e. The molecule has 2 unspecified atom stereocenters. The van der Waals surface area contributed by atoms with Crippen molar-refractivity contribution in [3.63, 3.8) is 0 Å². The van der Waals surface area contributed by atoms with Gasteiger partial charge >= 0.3 is 0 Å². The molecule has 0 saturated heterocycles. The summed E-state index contributed by atoms with van der Waals surface area (Å²) in [6.45, 7) is 0. The molecule has 3 aromatic heterocycles. The number of anilines is 1. The fourth-order valence-electron chi connectivity index (χ4n) is 3.69. The number of carbonyl (C=O) groups is 1. The number of carbonyl (C=O) groups excluding carboxylic acids is 1. The van der Waals surface area contributed by atoms with E-state index in [1.165, 1.54) is 11.3 Å². The number of amides is 1. The van der Waals surface area contributed by atoms with E-state index in [1.807, 2.05) is 31.6 Å². The van der Waals surface area contributed by atoms with Gasteiger partial charge in [0.25, 0.3) is 0 Å². The van der Waals surface area contributed by atoms with E-state index in [2.05, 4.69) is 32.0 Å². The number of imidazole rings is 1. The van der Waals surface area contributed by atoms with E-state index in [-0.39, 0.29) is 17.9 Å². The highest BCUT2D eigenvalue weighted by molar-refractivity contribution is 7.16. The van der Waals surface area contributed by atoms with Gasteiger partial charge in [-0.05, 0) is 49.3 Å². The fraction of sp³-hybridized carbons (Fsp3) is 0.350. The van der Waals surface area contributed by atoms with Gasteiger partial charge in [0, 0.05) is 26.1 Å². The van der Waals surface area contributed by atoms with Crippen molar-refractivity contribution in [2.45, 2.75) is 25.3 Å². The first kappa shape index (κ1) is 18.8. The van der Waals surface area contributed by atoms with Crippen molar-refractivity contribution in [1.82, 2.24) is 19.9 Å². The number of aromatic nitrogens is 3. The first-order chi connectivity index (χ1) is 13.6. The highest BCUT2D eigenvalue weighted by Gasteiger charge is 2.31. The second-order valence-corrected chi connectivity index (χ2v) is 8.48. The number of nitrogens with zero attached hydrogens (tertiary/aromatic N) is 3. The number of fused-ring (bicyclic) bond motifs is 1. The topological polar surface area (TPSA) is 71.8 Å². The monoisotopic (exact) mass is 413 g/mol. The average Bonchev–Trinajstić information content (AvgIpc) is 3.44. The lowest BCUT2D eigenvalue weighted by Crippen LogP contribution is -2.25. The Labute approximate surface area is 172 Å². The molecule has 4 rings (SSSR count). The van der Waals surface area contributed by atoms with Gasteiger partial charge in [0.1, 0.15) is 11.2 Å². The highest BCUT2D eigenvalue weighted by Crippen LogP contribution is 2.37. The lowest BCUT2D eigenvalue weighted by molar-refractivity contribution is -0.124. The first-order valence-corrected chi connectivity index (χ1v) is 10.3. The number of hydrogen-bond donors (Lipinski definition) is 2. The van der Waals surface area contributed by atoms with Gasteiger partial charge in [-0.3, -0.25) is 4.79 Å². The molecule has 1 amide bonds. The predicted octanol–water partition coefficient (Wildman–Crippen LogP) is 3.67. The minimum atomic E-state index is 0.0442. The normalized spacial score (nSPS) is 18.7. The Kier molecular flexibility index (Phi) is 5.25. The Morgan fingerprint density at radius 3 is 2.89 bits per heavy atom. The molecule has 8 heteroatoms. The molecule has 144 valence electrons. The molecule has 0 aromatic carbocycles. The molecule has 0 bridgehead atoms. The number of hydrogen-bond acceptors (Lipinski definition) is 5. The summed E-state index contributed by atoms with van der Waals surface area (Å²) in [6.07, 6.45) is 4.43. The summed E-state index contributed by atoms with van der Waals surface area (Å²) in [7, 11) is 3.55. The molecule has 3 heterocycles. The van der Waals surface area contributed by atoms with E-state index >= 15 is 0 Å². The van der Waals surface area contributed by atoms with Crippen LogP contribution in [0.2, 0.25) is 4.34 Å². The molecule has 0 aliphatic heterocycles. The van der Waals surface area contributed by atoms with Gasteiger partial charge in [-0.2, -0.15) is 0 Å². The zero-order valence-corrected chi connectivity index (χ0v) is 17.2.